The predicted octanol–water partition coefficient (Wildman–Crippen LogP) is 3.39. The first-order valence-corrected chi connectivity index (χ1v) is 7.05. The fraction of sp³-hybridized carbons (Fsp3) is 0.400. The van der Waals surface area contributed by atoms with Crippen molar-refractivity contribution >= 4 is 11.6 Å². The third-order valence-corrected chi connectivity index (χ3v) is 3.44. The monoisotopic (exact) mass is 277 g/mol. The maximum atomic E-state index is 5.89. The summed E-state index contributed by atoms with van der Waals surface area (Å²) in [4.78, 5) is 0. The average Bonchev–Trinajstić information content (AvgIpc) is 2.75. The number of nitrogens with one attached hydrogen (secondary N) is 1. The molecule has 0 aliphatic heterocycles. The van der Waals surface area contributed by atoms with E-state index < -0.39 is 0 Å². The van der Waals surface area contributed by atoms with Crippen LogP contribution in [-0.2, 0) is 13.1 Å². The van der Waals surface area contributed by atoms with Crippen LogP contribution in [0.15, 0.2) is 30.5 Å². The van der Waals surface area contributed by atoms with Gasteiger partial charge in [-0.1, -0.05) is 30.7 Å². The van der Waals surface area contributed by atoms with Gasteiger partial charge >= 0.3 is 0 Å². The van der Waals surface area contributed by atoms with Gasteiger partial charge in [0.15, 0.2) is 0 Å². The Morgan fingerprint density at radius 2 is 2.00 bits per heavy atom. The second-order valence-corrected chi connectivity index (χ2v) is 5.15. The summed E-state index contributed by atoms with van der Waals surface area (Å²) < 4.78 is 2.03. The first-order valence-electron chi connectivity index (χ1n) is 6.67. The van der Waals surface area contributed by atoms with E-state index in [0.29, 0.717) is 0 Å². The Balaban J connectivity index is 2.03. The molecule has 0 saturated heterocycles. The lowest BCUT2D eigenvalue weighted by Gasteiger charge is -2.06. The van der Waals surface area contributed by atoms with Crippen LogP contribution < -0.4 is 5.32 Å². The molecule has 1 aromatic carbocycles. The summed E-state index contributed by atoms with van der Waals surface area (Å²) in [7, 11) is 0. The SMILES string of the molecule is CCCNCc1cnn(Cc2ccc(Cl)cc2)c1C. The van der Waals surface area contributed by atoms with E-state index in [1.807, 2.05) is 35.1 Å². The van der Waals surface area contributed by atoms with Crippen molar-refractivity contribution in [3.8, 4) is 0 Å². The molecular weight excluding hydrogens is 258 g/mol. The molecule has 0 fully saturated rings. The number of hydrogen-bond donors (Lipinski definition) is 1. The summed E-state index contributed by atoms with van der Waals surface area (Å²) in [5.41, 5.74) is 3.70. The minimum atomic E-state index is 0.769. The molecule has 0 aliphatic rings. The Bertz CT molecular complexity index is 517. The van der Waals surface area contributed by atoms with Gasteiger partial charge in [0.1, 0.15) is 0 Å². The average molecular weight is 278 g/mol. The number of halogens is 1. The van der Waals surface area contributed by atoms with Crippen LogP contribution in [0.1, 0.15) is 30.2 Å². The summed E-state index contributed by atoms with van der Waals surface area (Å²) in [6.45, 7) is 7.01. The van der Waals surface area contributed by atoms with E-state index in [-0.39, 0.29) is 0 Å². The quantitative estimate of drug-likeness (QED) is 0.820. The normalized spacial score (nSPS) is 10.9. The van der Waals surface area contributed by atoms with E-state index in [0.717, 1.165) is 31.1 Å². The third kappa shape index (κ3) is 3.82. The molecule has 2 aromatic rings. The van der Waals surface area contributed by atoms with Crippen LogP contribution in [0.25, 0.3) is 0 Å². The van der Waals surface area contributed by atoms with Gasteiger partial charge in [-0.05, 0) is 37.6 Å². The van der Waals surface area contributed by atoms with Crippen molar-refractivity contribution in [2.75, 3.05) is 6.54 Å². The summed E-state index contributed by atoms with van der Waals surface area (Å²) in [6.07, 6.45) is 3.10. The van der Waals surface area contributed by atoms with E-state index in [1.165, 1.54) is 16.8 Å². The van der Waals surface area contributed by atoms with E-state index in [9.17, 15) is 0 Å². The van der Waals surface area contributed by atoms with Crippen LogP contribution in [-0.4, -0.2) is 16.3 Å². The van der Waals surface area contributed by atoms with Crippen molar-refractivity contribution in [3.05, 3.63) is 52.3 Å². The van der Waals surface area contributed by atoms with Crippen molar-refractivity contribution in [1.82, 2.24) is 15.1 Å². The molecule has 0 aliphatic carbocycles. The standard InChI is InChI=1S/C15H20ClN3/c1-3-8-17-9-14-10-18-19(12(14)2)11-13-4-6-15(16)7-5-13/h4-7,10,17H,3,8-9,11H2,1-2H3. The van der Waals surface area contributed by atoms with E-state index >= 15 is 0 Å². The molecular formula is C15H20ClN3. The maximum absolute atomic E-state index is 5.89. The minimum Gasteiger partial charge on any atom is -0.313 e. The summed E-state index contributed by atoms with van der Waals surface area (Å²) in [5, 5.41) is 8.63. The highest BCUT2D eigenvalue weighted by Crippen LogP contribution is 2.13. The van der Waals surface area contributed by atoms with Crippen LogP contribution in [0.4, 0.5) is 0 Å². The molecule has 0 radical (unpaired) electrons. The number of hydrogen-bond acceptors (Lipinski definition) is 2. The van der Waals surface area contributed by atoms with Gasteiger partial charge in [-0.2, -0.15) is 5.10 Å². The van der Waals surface area contributed by atoms with Gasteiger partial charge in [0.05, 0.1) is 12.7 Å². The third-order valence-electron chi connectivity index (χ3n) is 3.19. The molecule has 1 aromatic heterocycles. The molecule has 2 rings (SSSR count). The van der Waals surface area contributed by atoms with E-state index in [4.69, 9.17) is 11.6 Å². The molecule has 0 unspecified atom stereocenters. The molecule has 1 heterocycles. The topological polar surface area (TPSA) is 29.9 Å². The van der Waals surface area contributed by atoms with Crippen LogP contribution in [0.3, 0.4) is 0 Å². The van der Waals surface area contributed by atoms with Gasteiger partial charge in [0.2, 0.25) is 0 Å². The highest BCUT2D eigenvalue weighted by atomic mass is 35.5. The minimum absolute atomic E-state index is 0.769. The zero-order valence-corrected chi connectivity index (χ0v) is 12.2. The van der Waals surface area contributed by atoms with Crippen LogP contribution in [0, 0.1) is 6.92 Å². The maximum Gasteiger partial charge on any atom is 0.0662 e. The zero-order valence-electron chi connectivity index (χ0n) is 11.5. The van der Waals surface area contributed by atoms with Crippen molar-refractivity contribution in [1.29, 1.82) is 0 Å². The molecule has 102 valence electrons. The molecule has 0 bridgehead atoms. The molecule has 3 nitrogen and oxygen atoms in total. The fourth-order valence-corrected chi connectivity index (χ4v) is 2.11. The van der Waals surface area contributed by atoms with Crippen LogP contribution in [0.2, 0.25) is 5.02 Å². The van der Waals surface area contributed by atoms with Gasteiger partial charge in [-0.25, -0.2) is 0 Å². The second kappa shape index (κ2) is 6.73. The Labute approximate surface area is 119 Å². The molecule has 19 heavy (non-hydrogen) atoms. The van der Waals surface area contributed by atoms with Gasteiger partial charge in [-0.15, -0.1) is 0 Å². The highest BCUT2D eigenvalue weighted by Gasteiger charge is 2.06. The lowest BCUT2D eigenvalue weighted by atomic mass is 10.2. The highest BCUT2D eigenvalue weighted by molar-refractivity contribution is 6.30. The van der Waals surface area contributed by atoms with Crippen molar-refractivity contribution in [3.63, 3.8) is 0 Å². The van der Waals surface area contributed by atoms with Crippen LogP contribution in [0.5, 0.6) is 0 Å². The van der Waals surface area contributed by atoms with Gasteiger partial charge < -0.3 is 5.32 Å². The Hall–Kier alpha value is -1.32. The predicted molar refractivity (Wildman–Crippen MR) is 79.5 cm³/mol. The second-order valence-electron chi connectivity index (χ2n) is 4.72. The van der Waals surface area contributed by atoms with E-state index in [2.05, 4.69) is 24.3 Å². The van der Waals surface area contributed by atoms with Crippen molar-refractivity contribution in [2.24, 2.45) is 0 Å². The lowest BCUT2D eigenvalue weighted by molar-refractivity contribution is 0.651. The zero-order chi connectivity index (χ0) is 13.7. The number of aromatic nitrogens is 2. The first kappa shape index (κ1) is 14.1. The van der Waals surface area contributed by atoms with Gasteiger partial charge in [0.25, 0.3) is 0 Å². The first-order chi connectivity index (χ1) is 9.20. The van der Waals surface area contributed by atoms with Gasteiger partial charge in [0, 0.05) is 22.8 Å². The van der Waals surface area contributed by atoms with Crippen molar-refractivity contribution < 1.29 is 0 Å². The number of rotatable bonds is 6. The molecule has 0 amide bonds. The lowest BCUT2D eigenvalue weighted by Crippen LogP contribution is -2.14. The number of nitrogens with zero attached hydrogens (tertiary/aromatic N) is 2. The smallest absolute Gasteiger partial charge is 0.0662 e. The Kier molecular flexibility index (Phi) is 5.00. The van der Waals surface area contributed by atoms with Gasteiger partial charge in [-0.3, -0.25) is 4.68 Å². The Morgan fingerprint density at radius 1 is 1.26 bits per heavy atom. The number of benzene rings is 1. The largest absolute Gasteiger partial charge is 0.313 e. The summed E-state index contributed by atoms with van der Waals surface area (Å²) >= 11 is 5.89. The van der Waals surface area contributed by atoms with Crippen molar-refractivity contribution in [2.45, 2.75) is 33.4 Å². The van der Waals surface area contributed by atoms with E-state index in [1.54, 1.807) is 0 Å². The molecule has 0 saturated carbocycles. The van der Waals surface area contributed by atoms with Crippen LogP contribution >= 0.6 is 11.6 Å². The summed E-state index contributed by atoms with van der Waals surface area (Å²) in [5.74, 6) is 0. The molecule has 0 spiro atoms. The fourth-order valence-electron chi connectivity index (χ4n) is 1.98. The molecule has 0 atom stereocenters. The molecule has 4 heteroatoms. The Morgan fingerprint density at radius 3 is 2.68 bits per heavy atom. The summed E-state index contributed by atoms with van der Waals surface area (Å²) in [6, 6.07) is 7.91. The molecule has 1 N–H and O–H groups in total.